The van der Waals surface area contributed by atoms with E-state index in [1.54, 1.807) is 30.5 Å². The molecule has 0 aliphatic carbocycles. The summed E-state index contributed by atoms with van der Waals surface area (Å²) in [5.41, 5.74) is 5.17. The van der Waals surface area contributed by atoms with Crippen LogP contribution < -0.4 is 16.4 Å². The van der Waals surface area contributed by atoms with Crippen LogP contribution in [0.3, 0.4) is 0 Å². The Balaban J connectivity index is 0.00000288. The first-order chi connectivity index (χ1) is 10.9. The van der Waals surface area contributed by atoms with E-state index in [1.807, 2.05) is 0 Å². The van der Waals surface area contributed by atoms with E-state index in [-0.39, 0.29) is 35.2 Å². The fourth-order valence-corrected chi connectivity index (χ4v) is 2.90. The van der Waals surface area contributed by atoms with Crippen LogP contribution in [-0.4, -0.2) is 25.5 Å². The fraction of sp³-hybridized carbons (Fsp3) is 0.375. The van der Waals surface area contributed by atoms with Crippen molar-refractivity contribution < 1.29 is 9.21 Å². The highest BCUT2D eigenvalue weighted by molar-refractivity contribution is 14.0. The summed E-state index contributed by atoms with van der Waals surface area (Å²) in [6.07, 6.45) is 0. The minimum atomic E-state index is -0.573. The summed E-state index contributed by atoms with van der Waals surface area (Å²) in [6, 6.07) is 7.48. The Hall–Kier alpha value is -1.55. The zero-order valence-corrected chi connectivity index (χ0v) is 17.1. The molecule has 1 amide bonds. The second-order valence-corrected chi connectivity index (χ2v) is 6.72. The van der Waals surface area contributed by atoms with Gasteiger partial charge in [0.2, 0.25) is 0 Å². The number of hydrogen-bond donors (Lipinski definition) is 3. The number of hydrogen-bond acceptors (Lipinski definition) is 4. The number of primary amides is 1. The van der Waals surface area contributed by atoms with E-state index >= 15 is 0 Å². The number of nitrogens with one attached hydrogen (secondary N) is 2. The van der Waals surface area contributed by atoms with Gasteiger partial charge < -0.3 is 20.8 Å². The van der Waals surface area contributed by atoms with Gasteiger partial charge in [-0.3, -0.25) is 9.79 Å². The summed E-state index contributed by atoms with van der Waals surface area (Å²) in [6.45, 7) is 5.54. The van der Waals surface area contributed by atoms with Crippen molar-refractivity contribution in [3.63, 3.8) is 0 Å². The molecule has 0 saturated carbocycles. The quantitative estimate of drug-likeness (QED) is 0.350. The van der Waals surface area contributed by atoms with Gasteiger partial charge in [0.1, 0.15) is 5.76 Å². The van der Waals surface area contributed by atoms with Crippen LogP contribution in [0.4, 0.5) is 0 Å². The molecule has 2 heterocycles. The molecule has 0 aromatic carbocycles. The number of aliphatic imine (C=N–C) groups is 1. The topological polar surface area (TPSA) is 92.6 Å². The van der Waals surface area contributed by atoms with Crippen LogP contribution in [0.5, 0.6) is 0 Å². The number of furan rings is 1. The third-order valence-corrected chi connectivity index (χ3v) is 4.68. The number of nitrogens with zero attached hydrogens (tertiary/aromatic N) is 1. The molecule has 0 saturated heterocycles. The molecule has 0 radical (unpaired) electrons. The summed E-state index contributed by atoms with van der Waals surface area (Å²) in [5.74, 6) is 0.881. The highest BCUT2D eigenvalue weighted by Crippen LogP contribution is 2.26. The Morgan fingerprint density at radius 2 is 2.08 bits per heavy atom. The van der Waals surface area contributed by atoms with Crippen LogP contribution in [-0.2, 0) is 12.0 Å². The van der Waals surface area contributed by atoms with Gasteiger partial charge in [-0.15, -0.1) is 35.3 Å². The molecule has 0 spiro atoms. The van der Waals surface area contributed by atoms with Gasteiger partial charge in [-0.1, -0.05) is 19.9 Å². The van der Waals surface area contributed by atoms with Gasteiger partial charge in [0, 0.05) is 23.9 Å². The monoisotopic (exact) mass is 462 g/mol. The molecule has 6 nitrogen and oxygen atoms in total. The lowest BCUT2D eigenvalue weighted by Crippen LogP contribution is -2.42. The molecular weight excluding hydrogens is 439 g/mol. The van der Waals surface area contributed by atoms with Crippen molar-refractivity contribution in [2.24, 2.45) is 10.7 Å². The van der Waals surface area contributed by atoms with Crippen molar-refractivity contribution >= 4 is 47.2 Å². The minimum Gasteiger partial charge on any atom is -0.454 e. The summed E-state index contributed by atoms with van der Waals surface area (Å²) in [7, 11) is 1.71. The molecule has 0 unspecified atom stereocenters. The van der Waals surface area contributed by atoms with Crippen molar-refractivity contribution in [3.05, 3.63) is 46.0 Å². The molecule has 8 heteroatoms. The van der Waals surface area contributed by atoms with Crippen molar-refractivity contribution in [1.82, 2.24) is 10.6 Å². The summed E-state index contributed by atoms with van der Waals surface area (Å²) < 4.78 is 5.33. The third kappa shape index (κ3) is 5.52. The number of guanidine groups is 1. The lowest BCUT2D eigenvalue weighted by atomic mass is 9.91. The molecule has 132 valence electrons. The van der Waals surface area contributed by atoms with Gasteiger partial charge in [0.05, 0.1) is 6.54 Å². The van der Waals surface area contributed by atoms with Gasteiger partial charge >= 0.3 is 0 Å². The highest BCUT2D eigenvalue weighted by Gasteiger charge is 2.21. The molecule has 2 aromatic heterocycles. The molecule has 2 aromatic rings. The van der Waals surface area contributed by atoms with E-state index in [4.69, 9.17) is 10.2 Å². The molecular formula is C16H23IN4O2S. The Morgan fingerprint density at radius 1 is 1.33 bits per heavy atom. The predicted molar refractivity (Wildman–Crippen MR) is 108 cm³/mol. The summed E-state index contributed by atoms with van der Waals surface area (Å²) in [5, 5.41) is 8.54. The van der Waals surface area contributed by atoms with Crippen LogP contribution in [0.1, 0.15) is 35.0 Å². The number of rotatable bonds is 6. The molecule has 0 aliphatic heterocycles. The maximum Gasteiger partial charge on any atom is 0.284 e. The summed E-state index contributed by atoms with van der Waals surface area (Å²) in [4.78, 5) is 16.5. The normalized spacial score (nSPS) is 11.7. The van der Waals surface area contributed by atoms with Crippen LogP contribution in [0, 0.1) is 0 Å². The second kappa shape index (κ2) is 9.07. The Kier molecular flexibility index (Phi) is 7.74. The zero-order valence-electron chi connectivity index (χ0n) is 14.0. The summed E-state index contributed by atoms with van der Waals surface area (Å²) >= 11 is 1.75. The smallest absolute Gasteiger partial charge is 0.284 e. The Bertz CT molecular complexity index is 680. The maximum atomic E-state index is 11.0. The van der Waals surface area contributed by atoms with Gasteiger partial charge in [-0.05, 0) is 23.6 Å². The molecule has 0 aliphatic rings. The molecule has 4 N–H and O–H groups in total. The molecule has 2 rings (SSSR count). The van der Waals surface area contributed by atoms with Crippen LogP contribution in [0.25, 0.3) is 0 Å². The van der Waals surface area contributed by atoms with Gasteiger partial charge in [-0.25, -0.2) is 0 Å². The minimum absolute atomic E-state index is 0. The average Bonchev–Trinajstić information content (AvgIpc) is 3.19. The second-order valence-electron chi connectivity index (χ2n) is 5.77. The maximum absolute atomic E-state index is 11.0. The van der Waals surface area contributed by atoms with Crippen LogP contribution in [0.2, 0.25) is 0 Å². The first-order valence-corrected chi connectivity index (χ1v) is 8.17. The predicted octanol–water partition coefficient (Wildman–Crippen LogP) is 2.70. The van der Waals surface area contributed by atoms with Crippen molar-refractivity contribution in [2.45, 2.75) is 25.8 Å². The molecule has 0 fully saturated rings. The SMILES string of the molecule is CN=C(NCc1ccc(C(N)=O)o1)NCC(C)(C)c1cccs1.I. The molecule has 24 heavy (non-hydrogen) atoms. The first kappa shape index (κ1) is 20.5. The number of halogens is 1. The van der Waals surface area contributed by atoms with E-state index in [1.165, 1.54) is 4.88 Å². The van der Waals surface area contributed by atoms with Crippen molar-refractivity contribution in [1.29, 1.82) is 0 Å². The van der Waals surface area contributed by atoms with Gasteiger partial charge in [0.15, 0.2) is 11.7 Å². The van der Waals surface area contributed by atoms with Crippen molar-refractivity contribution in [2.75, 3.05) is 13.6 Å². The van der Waals surface area contributed by atoms with Gasteiger partial charge in [-0.2, -0.15) is 0 Å². The van der Waals surface area contributed by atoms with E-state index in [9.17, 15) is 4.79 Å². The van der Waals surface area contributed by atoms with Crippen molar-refractivity contribution in [3.8, 4) is 0 Å². The van der Waals surface area contributed by atoms with Crippen LogP contribution >= 0.6 is 35.3 Å². The lowest BCUT2D eigenvalue weighted by Gasteiger charge is -2.24. The number of thiophene rings is 1. The average molecular weight is 462 g/mol. The number of carbonyl (C=O) groups excluding carboxylic acids is 1. The zero-order chi connectivity index (χ0) is 16.9. The van der Waals surface area contributed by atoms with E-state index in [0.29, 0.717) is 18.3 Å². The fourth-order valence-electron chi connectivity index (χ4n) is 2.05. The van der Waals surface area contributed by atoms with Gasteiger partial charge in [0.25, 0.3) is 5.91 Å². The number of nitrogens with two attached hydrogens (primary N) is 1. The highest BCUT2D eigenvalue weighted by atomic mass is 127. The standard InChI is InChI=1S/C16H22N4O2S.HI/c1-16(2,13-5-4-8-23-13)10-20-15(18-3)19-9-11-6-7-12(22-11)14(17)21;/h4-8H,9-10H2,1-3H3,(H2,17,21)(H2,18,19,20);1H. The largest absolute Gasteiger partial charge is 0.454 e. The van der Waals surface area contributed by atoms with E-state index < -0.39 is 5.91 Å². The van der Waals surface area contributed by atoms with E-state index in [0.717, 1.165) is 6.54 Å². The number of amides is 1. The molecule has 0 atom stereocenters. The lowest BCUT2D eigenvalue weighted by molar-refractivity contribution is 0.0972. The Morgan fingerprint density at radius 3 is 2.62 bits per heavy atom. The Labute approximate surface area is 162 Å². The number of carbonyl (C=O) groups is 1. The third-order valence-electron chi connectivity index (χ3n) is 3.44. The molecule has 0 bridgehead atoms. The van der Waals surface area contributed by atoms with E-state index in [2.05, 4.69) is 47.0 Å². The van der Waals surface area contributed by atoms with Crippen LogP contribution in [0.15, 0.2) is 39.1 Å². The first-order valence-electron chi connectivity index (χ1n) is 7.29.